The van der Waals surface area contributed by atoms with E-state index in [4.69, 9.17) is 0 Å². The fourth-order valence-electron chi connectivity index (χ4n) is 1.52. The van der Waals surface area contributed by atoms with Crippen LogP contribution in [-0.2, 0) is 6.54 Å². The van der Waals surface area contributed by atoms with E-state index in [0.29, 0.717) is 6.54 Å². The second kappa shape index (κ2) is 4.23. The summed E-state index contributed by atoms with van der Waals surface area (Å²) in [4.78, 5) is 4.20. The van der Waals surface area contributed by atoms with Crippen LogP contribution < -0.4 is 5.32 Å². The van der Waals surface area contributed by atoms with Crippen LogP contribution in [0.2, 0.25) is 0 Å². The second-order valence-corrected chi connectivity index (χ2v) is 3.46. The van der Waals surface area contributed by atoms with Gasteiger partial charge in [-0.1, -0.05) is 12.1 Å². The number of rotatable bonds is 3. The first-order valence-corrected chi connectivity index (χ1v) is 4.92. The van der Waals surface area contributed by atoms with Gasteiger partial charge < -0.3 is 5.32 Å². The molecule has 0 unspecified atom stereocenters. The standard InChI is InChI=1S/C11H14N4/c1-9-4-3-5-10(6-9)15-11(7-12-2)13-8-14-15/h3-6,8,12H,7H2,1-2H3. The first-order chi connectivity index (χ1) is 7.31. The Morgan fingerprint density at radius 2 is 2.27 bits per heavy atom. The Bertz CT molecular complexity index is 447. The van der Waals surface area contributed by atoms with E-state index >= 15 is 0 Å². The molecule has 0 fully saturated rings. The minimum Gasteiger partial charge on any atom is -0.313 e. The molecule has 1 N–H and O–H groups in total. The molecule has 0 radical (unpaired) electrons. The minimum absolute atomic E-state index is 0.716. The monoisotopic (exact) mass is 202 g/mol. The van der Waals surface area contributed by atoms with Crippen molar-refractivity contribution in [2.24, 2.45) is 0 Å². The van der Waals surface area contributed by atoms with Crippen LogP contribution in [0.4, 0.5) is 0 Å². The van der Waals surface area contributed by atoms with Crippen LogP contribution in [-0.4, -0.2) is 21.8 Å². The molecular weight excluding hydrogens is 188 g/mol. The Balaban J connectivity index is 2.40. The Labute approximate surface area is 89.0 Å². The normalized spacial score (nSPS) is 10.5. The van der Waals surface area contributed by atoms with Crippen molar-refractivity contribution in [2.45, 2.75) is 13.5 Å². The average Bonchev–Trinajstić information content (AvgIpc) is 2.66. The molecule has 0 amide bonds. The molecule has 2 aromatic rings. The van der Waals surface area contributed by atoms with Gasteiger partial charge in [0, 0.05) is 0 Å². The lowest BCUT2D eigenvalue weighted by Gasteiger charge is -2.05. The van der Waals surface area contributed by atoms with Gasteiger partial charge in [-0.25, -0.2) is 9.67 Å². The zero-order valence-electron chi connectivity index (χ0n) is 8.94. The molecule has 78 valence electrons. The van der Waals surface area contributed by atoms with Crippen molar-refractivity contribution >= 4 is 0 Å². The summed E-state index contributed by atoms with van der Waals surface area (Å²) in [6.07, 6.45) is 1.58. The number of nitrogens with zero attached hydrogens (tertiary/aromatic N) is 3. The summed E-state index contributed by atoms with van der Waals surface area (Å²) in [5.41, 5.74) is 2.27. The fourth-order valence-corrected chi connectivity index (χ4v) is 1.52. The van der Waals surface area contributed by atoms with Crippen LogP contribution in [0.15, 0.2) is 30.6 Å². The Hall–Kier alpha value is -1.68. The molecule has 0 saturated heterocycles. The summed E-state index contributed by atoms with van der Waals surface area (Å²) in [5.74, 6) is 0.920. The van der Waals surface area contributed by atoms with Crippen molar-refractivity contribution in [1.82, 2.24) is 20.1 Å². The molecule has 1 heterocycles. The Morgan fingerprint density at radius 1 is 1.40 bits per heavy atom. The van der Waals surface area contributed by atoms with Crippen molar-refractivity contribution in [3.63, 3.8) is 0 Å². The number of aryl methyl sites for hydroxylation is 1. The Kier molecular flexibility index (Phi) is 2.78. The minimum atomic E-state index is 0.716. The van der Waals surface area contributed by atoms with E-state index in [-0.39, 0.29) is 0 Å². The summed E-state index contributed by atoms with van der Waals surface area (Å²) in [6.45, 7) is 2.78. The van der Waals surface area contributed by atoms with E-state index < -0.39 is 0 Å². The lowest BCUT2D eigenvalue weighted by molar-refractivity contribution is 0.712. The molecule has 0 aliphatic carbocycles. The molecule has 0 atom stereocenters. The summed E-state index contributed by atoms with van der Waals surface area (Å²) in [6, 6.07) is 8.21. The highest BCUT2D eigenvalue weighted by atomic mass is 15.3. The van der Waals surface area contributed by atoms with Gasteiger partial charge >= 0.3 is 0 Å². The Morgan fingerprint density at radius 3 is 3.00 bits per heavy atom. The quantitative estimate of drug-likeness (QED) is 0.815. The third-order valence-electron chi connectivity index (χ3n) is 2.20. The van der Waals surface area contributed by atoms with Gasteiger partial charge in [-0.05, 0) is 31.7 Å². The van der Waals surface area contributed by atoms with E-state index in [1.807, 2.05) is 23.9 Å². The van der Waals surface area contributed by atoms with Gasteiger partial charge in [-0.15, -0.1) is 0 Å². The van der Waals surface area contributed by atoms with Crippen LogP contribution in [0.1, 0.15) is 11.4 Å². The van der Waals surface area contributed by atoms with E-state index in [9.17, 15) is 0 Å². The van der Waals surface area contributed by atoms with Crippen LogP contribution in [0.3, 0.4) is 0 Å². The van der Waals surface area contributed by atoms with E-state index in [1.54, 1.807) is 6.33 Å². The maximum atomic E-state index is 4.21. The van der Waals surface area contributed by atoms with Crippen molar-refractivity contribution in [2.75, 3.05) is 7.05 Å². The topological polar surface area (TPSA) is 42.7 Å². The van der Waals surface area contributed by atoms with Gasteiger partial charge in [0.1, 0.15) is 12.2 Å². The predicted octanol–water partition coefficient (Wildman–Crippen LogP) is 1.30. The summed E-state index contributed by atoms with van der Waals surface area (Å²) in [5, 5.41) is 7.28. The molecule has 2 rings (SSSR count). The number of aromatic nitrogens is 3. The number of hydrogen-bond acceptors (Lipinski definition) is 3. The van der Waals surface area contributed by atoms with Crippen molar-refractivity contribution in [1.29, 1.82) is 0 Å². The largest absolute Gasteiger partial charge is 0.313 e. The van der Waals surface area contributed by atoms with Gasteiger partial charge in [0.2, 0.25) is 0 Å². The third-order valence-corrected chi connectivity index (χ3v) is 2.20. The molecule has 1 aromatic heterocycles. The highest BCUT2D eigenvalue weighted by Gasteiger charge is 2.04. The molecule has 0 aliphatic heterocycles. The molecule has 4 nitrogen and oxygen atoms in total. The van der Waals surface area contributed by atoms with Crippen LogP contribution in [0.25, 0.3) is 5.69 Å². The fraction of sp³-hybridized carbons (Fsp3) is 0.273. The number of hydrogen-bond donors (Lipinski definition) is 1. The highest BCUT2D eigenvalue weighted by molar-refractivity contribution is 5.35. The van der Waals surface area contributed by atoms with Gasteiger partial charge in [-0.2, -0.15) is 5.10 Å². The molecule has 0 spiro atoms. The number of nitrogens with one attached hydrogen (secondary N) is 1. The lowest BCUT2D eigenvalue weighted by atomic mass is 10.2. The first-order valence-electron chi connectivity index (χ1n) is 4.92. The molecule has 15 heavy (non-hydrogen) atoms. The molecule has 0 bridgehead atoms. The predicted molar refractivity (Wildman–Crippen MR) is 58.9 cm³/mol. The van der Waals surface area contributed by atoms with Crippen molar-refractivity contribution in [3.05, 3.63) is 42.0 Å². The van der Waals surface area contributed by atoms with Crippen LogP contribution in [0.5, 0.6) is 0 Å². The SMILES string of the molecule is CNCc1ncnn1-c1cccc(C)c1. The molecule has 0 aliphatic rings. The molecule has 4 heteroatoms. The number of benzene rings is 1. The lowest BCUT2D eigenvalue weighted by Crippen LogP contribution is -2.12. The second-order valence-electron chi connectivity index (χ2n) is 3.46. The average molecular weight is 202 g/mol. The summed E-state index contributed by atoms with van der Waals surface area (Å²) in [7, 11) is 1.90. The maximum Gasteiger partial charge on any atom is 0.146 e. The molecular formula is C11H14N4. The van der Waals surface area contributed by atoms with E-state index in [0.717, 1.165) is 11.5 Å². The van der Waals surface area contributed by atoms with E-state index in [1.165, 1.54) is 5.56 Å². The summed E-state index contributed by atoms with van der Waals surface area (Å²) >= 11 is 0. The van der Waals surface area contributed by atoms with Crippen molar-refractivity contribution < 1.29 is 0 Å². The molecule has 0 saturated carbocycles. The first kappa shape index (κ1) is 9.86. The highest BCUT2D eigenvalue weighted by Crippen LogP contribution is 2.10. The summed E-state index contributed by atoms with van der Waals surface area (Å²) < 4.78 is 1.85. The maximum absolute atomic E-state index is 4.21. The van der Waals surface area contributed by atoms with Gasteiger partial charge in [0.05, 0.1) is 12.2 Å². The smallest absolute Gasteiger partial charge is 0.146 e. The third kappa shape index (κ3) is 2.05. The van der Waals surface area contributed by atoms with Crippen LogP contribution in [0, 0.1) is 6.92 Å². The van der Waals surface area contributed by atoms with Crippen molar-refractivity contribution in [3.8, 4) is 5.69 Å². The van der Waals surface area contributed by atoms with Gasteiger partial charge in [0.15, 0.2) is 0 Å². The zero-order valence-corrected chi connectivity index (χ0v) is 8.94. The van der Waals surface area contributed by atoms with E-state index in [2.05, 4.69) is 34.5 Å². The van der Waals surface area contributed by atoms with Crippen LogP contribution >= 0.6 is 0 Å². The molecule has 1 aromatic carbocycles. The zero-order chi connectivity index (χ0) is 10.7. The van der Waals surface area contributed by atoms with Gasteiger partial charge in [0.25, 0.3) is 0 Å². The van der Waals surface area contributed by atoms with Gasteiger partial charge in [-0.3, -0.25) is 0 Å².